The van der Waals surface area contributed by atoms with Crippen LogP contribution in [-0.2, 0) is 0 Å². The van der Waals surface area contributed by atoms with Gasteiger partial charge in [0.2, 0.25) is 11.1 Å². The van der Waals surface area contributed by atoms with Gasteiger partial charge in [-0.15, -0.1) is 0 Å². The standard InChI is InChI=1S/C11H5ClFN5O2/c12-11-15-5-9(18(19)20)10(17-11)16-8-2-1-7(13)3-6(8)4-14/h1-3,5H,(H,15,16,17). The summed E-state index contributed by atoms with van der Waals surface area (Å²) in [5.41, 5.74) is -0.261. The Morgan fingerprint density at radius 3 is 2.90 bits per heavy atom. The highest BCUT2D eigenvalue weighted by molar-refractivity contribution is 6.28. The van der Waals surface area contributed by atoms with E-state index in [1.165, 1.54) is 6.07 Å². The number of halogens is 2. The Morgan fingerprint density at radius 1 is 1.50 bits per heavy atom. The highest BCUT2D eigenvalue weighted by Gasteiger charge is 2.18. The van der Waals surface area contributed by atoms with Crippen molar-refractivity contribution in [2.75, 3.05) is 5.32 Å². The van der Waals surface area contributed by atoms with Crippen molar-refractivity contribution in [2.45, 2.75) is 0 Å². The van der Waals surface area contributed by atoms with E-state index in [1.54, 1.807) is 6.07 Å². The Labute approximate surface area is 116 Å². The maximum absolute atomic E-state index is 13.0. The van der Waals surface area contributed by atoms with E-state index < -0.39 is 16.4 Å². The largest absolute Gasteiger partial charge is 0.333 e. The zero-order chi connectivity index (χ0) is 14.7. The summed E-state index contributed by atoms with van der Waals surface area (Å²) < 4.78 is 13.0. The normalized spacial score (nSPS) is 9.85. The third kappa shape index (κ3) is 2.78. The Hall–Kier alpha value is -2.79. The molecule has 100 valence electrons. The van der Waals surface area contributed by atoms with E-state index in [0.717, 1.165) is 18.3 Å². The lowest BCUT2D eigenvalue weighted by atomic mass is 10.2. The number of hydrogen-bond acceptors (Lipinski definition) is 6. The molecule has 2 aromatic rings. The van der Waals surface area contributed by atoms with Crippen LogP contribution in [0.2, 0.25) is 5.28 Å². The fourth-order valence-corrected chi connectivity index (χ4v) is 1.56. The van der Waals surface area contributed by atoms with Crippen LogP contribution in [0.3, 0.4) is 0 Å². The molecule has 1 aromatic heterocycles. The molecule has 1 heterocycles. The second-order valence-corrected chi connectivity index (χ2v) is 3.89. The van der Waals surface area contributed by atoms with E-state index in [0.29, 0.717) is 0 Å². The van der Waals surface area contributed by atoms with E-state index in [4.69, 9.17) is 16.9 Å². The van der Waals surface area contributed by atoms with Gasteiger partial charge in [-0.2, -0.15) is 10.2 Å². The van der Waals surface area contributed by atoms with Crippen LogP contribution in [0.15, 0.2) is 24.4 Å². The molecule has 0 aliphatic rings. The number of nitrogens with zero attached hydrogens (tertiary/aromatic N) is 4. The molecule has 0 saturated carbocycles. The molecule has 9 heteroatoms. The van der Waals surface area contributed by atoms with Crippen molar-refractivity contribution in [3.8, 4) is 6.07 Å². The zero-order valence-corrected chi connectivity index (χ0v) is 10.4. The summed E-state index contributed by atoms with van der Waals surface area (Å²) in [7, 11) is 0. The van der Waals surface area contributed by atoms with Gasteiger partial charge in [0.15, 0.2) is 0 Å². The average Bonchev–Trinajstić information content (AvgIpc) is 2.40. The predicted molar refractivity (Wildman–Crippen MR) is 68.1 cm³/mol. The second-order valence-electron chi connectivity index (χ2n) is 3.56. The molecule has 0 aliphatic carbocycles. The minimum Gasteiger partial charge on any atom is -0.333 e. The molecule has 0 atom stereocenters. The lowest BCUT2D eigenvalue weighted by molar-refractivity contribution is -0.384. The van der Waals surface area contributed by atoms with E-state index >= 15 is 0 Å². The van der Waals surface area contributed by atoms with Crippen molar-refractivity contribution in [3.05, 3.63) is 51.2 Å². The Kier molecular flexibility index (Phi) is 3.72. The molecule has 0 aliphatic heterocycles. The van der Waals surface area contributed by atoms with Crippen molar-refractivity contribution in [3.63, 3.8) is 0 Å². The first-order valence-electron chi connectivity index (χ1n) is 5.15. The summed E-state index contributed by atoms with van der Waals surface area (Å²) in [6.45, 7) is 0. The first-order chi connectivity index (χ1) is 9.51. The lowest BCUT2D eigenvalue weighted by Crippen LogP contribution is -2.02. The average molecular weight is 294 g/mol. The van der Waals surface area contributed by atoms with E-state index in [2.05, 4.69) is 15.3 Å². The Morgan fingerprint density at radius 2 is 2.25 bits per heavy atom. The SMILES string of the molecule is N#Cc1cc(F)ccc1Nc1nc(Cl)ncc1[N+](=O)[O-]. The monoisotopic (exact) mass is 293 g/mol. The number of nitriles is 1. The number of anilines is 2. The van der Waals surface area contributed by atoms with Crippen LogP contribution in [0, 0.1) is 27.3 Å². The minimum atomic E-state index is -0.700. The van der Waals surface area contributed by atoms with Crippen molar-refractivity contribution in [1.82, 2.24) is 9.97 Å². The molecule has 0 bridgehead atoms. The Balaban J connectivity index is 2.47. The Bertz CT molecular complexity index is 731. The lowest BCUT2D eigenvalue weighted by Gasteiger charge is -2.07. The van der Waals surface area contributed by atoms with Crippen molar-refractivity contribution in [2.24, 2.45) is 0 Å². The fourth-order valence-electron chi connectivity index (χ4n) is 1.43. The van der Waals surface area contributed by atoms with Crippen LogP contribution in [-0.4, -0.2) is 14.9 Å². The van der Waals surface area contributed by atoms with Crippen molar-refractivity contribution < 1.29 is 9.31 Å². The molecule has 7 nitrogen and oxygen atoms in total. The van der Waals surface area contributed by atoms with Gasteiger partial charge >= 0.3 is 5.69 Å². The summed E-state index contributed by atoms with van der Waals surface area (Å²) in [5.74, 6) is -0.777. The summed E-state index contributed by atoms with van der Waals surface area (Å²) in [6, 6.07) is 5.15. The van der Waals surface area contributed by atoms with Gasteiger partial charge in [0, 0.05) is 0 Å². The molecule has 2 rings (SSSR count). The van der Waals surface area contributed by atoms with Gasteiger partial charge in [-0.05, 0) is 29.8 Å². The van der Waals surface area contributed by atoms with Crippen LogP contribution in [0.25, 0.3) is 0 Å². The predicted octanol–water partition coefficient (Wildman–Crippen LogP) is 2.79. The molecular weight excluding hydrogens is 289 g/mol. The molecular formula is C11H5ClFN5O2. The fraction of sp³-hybridized carbons (Fsp3) is 0. The molecule has 1 aromatic carbocycles. The number of rotatable bonds is 3. The van der Waals surface area contributed by atoms with Crippen LogP contribution in [0.4, 0.5) is 21.6 Å². The molecule has 20 heavy (non-hydrogen) atoms. The van der Waals surface area contributed by atoms with Gasteiger partial charge in [-0.25, -0.2) is 9.37 Å². The summed E-state index contributed by atoms with van der Waals surface area (Å²) in [4.78, 5) is 17.3. The molecule has 0 amide bonds. The third-order valence-corrected chi connectivity index (χ3v) is 2.47. The number of aromatic nitrogens is 2. The topological polar surface area (TPSA) is 105 Å². The van der Waals surface area contributed by atoms with Gasteiger partial charge in [-0.3, -0.25) is 10.1 Å². The van der Waals surface area contributed by atoms with E-state index in [1.807, 2.05) is 0 Å². The quantitative estimate of drug-likeness (QED) is 0.530. The van der Waals surface area contributed by atoms with Gasteiger partial charge in [0.1, 0.15) is 18.1 Å². The van der Waals surface area contributed by atoms with Crippen molar-refractivity contribution >= 4 is 28.8 Å². The summed E-state index contributed by atoms with van der Waals surface area (Å²) in [5, 5.41) is 22.1. The van der Waals surface area contributed by atoms with Crippen LogP contribution < -0.4 is 5.32 Å². The first-order valence-corrected chi connectivity index (χ1v) is 5.52. The zero-order valence-electron chi connectivity index (χ0n) is 9.67. The third-order valence-electron chi connectivity index (χ3n) is 2.29. The van der Waals surface area contributed by atoms with Crippen LogP contribution >= 0.6 is 11.6 Å². The number of nitro groups is 1. The number of hydrogen-bond donors (Lipinski definition) is 1. The molecule has 0 spiro atoms. The van der Waals surface area contributed by atoms with Gasteiger partial charge in [0.05, 0.1) is 16.2 Å². The van der Waals surface area contributed by atoms with Crippen LogP contribution in [0.5, 0.6) is 0 Å². The molecule has 0 fully saturated rings. The molecule has 1 N–H and O–H groups in total. The molecule has 0 radical (unpaired) electrons. The second kappa shape index (κ2) is 5.46. The highest BCUT2D eigenvalue weighted by Crippen LogP contribution is 2.27. The molecule has 0 unspecified atom stereocenters. The van der Waals surface area contributed by atoms with Crippen molar-refractivity contribution in [1.29, 1.82) is 5.26 Å². The summed E-state index contributed by atoms with van der Waals surface area (Å²) in [6.07, 6.45) is 0.938. The minimum absolute atomic E-state index is 0.0194. The maximum Gasteiger partial charge on any atom is 0.329 e. The van der Waals surface area contributed by atoms with Gasteiger partial charge in [-0.1, -0.05) is 0 Å². The van der Waals surface area contributed by atoms with E-state index in [9.17, 15) is 14.5 Å². The smallest absolute Gasteiger partial charge is 0.329 e. The van der Waals surface area contributed by atoms with Gasteiger partial charge < -0.3 is 5.32 Å². The molecule has 0 saturated heterocycles. The maximum atomic E-state index is 13.0. The van der Waals surface area contributed by atoms with Gasteiger partial charge in [0.25, 0.3) is 0 Å². The first kappa shape index (κ1) is 13.6. The number of benzene rings is 1. The van der Waals surface area contributed by atoms with Crippen LogP contribution in [0.1, 0.15) is 5.56 Å². The van der Waals surface area contributed by atoms with E-state index in [-0.39, 0.29) is 22.4 Å². The highest BCUT2D eigenvalue weighted by atomic mass is 35.5. The summed E-state index contributed by atoms with van der Waals surface area (Å²) >= 11 is 5.58. The number of nitrogens with one attached hydrogen (secondary N) is 1.